The van der Waals surface area contributed by atoms with E-state index < -0.39 is 30.9 Å². The zero-order valence-electron chi connectivity index (χ0n) is 8.06. The van der Waals surface area contributed by atoms with Crippen LogP contribution >= 0.6 is 15.9 Å². The van der Waals surface area contributed by atoms with Gasteiger partial charge in [0, 0.05) is 10.9 Å². The maximum Gasteiger partial charge on any atom is 0.389 e. The molecule has 0 radical (unpaired) electrons. The van der Waals surface area contributed by atoms with Gasteiger partial charge in [0.2, 0.25) is 0 Å². The van der Waals surface area contributed by atoms with Crippen LogP contribution in [-0.4, -0.2) is 11.3 Å². The SMILES string of the molecule is OC(CCC(F)(F)F)c1ccc(F)cc1Br. The van der Waals surface area contributed by atoms with Crippen LogP contribution in [-0.2, 0) is 0 Å². The summed E-state index contributed by atoms with van der Waals surface area (Å²) in [5.74, 6) is -0.515. The molecular formula is C10H9BrF4O. The molecule has 0 bridgehead atoms. The number of alkyl halides is 3. The fraction of sp³-hybridized carbons (Fsp3) is 0.400. The number of hydrogen-bond donors (Lipinski definition) is 1. The lowest BCUT2D eigenvalue weighted by molar-refractivity contribution is -0.140. The van der Waals surface area contributed by atoms with Crippen molar-refractivity contribution in [2.45, 2.75) is 25.1 Å². The van der Waals surface area contributed by atoms with Crippen LogP contribution in [0.15, 0.2) is 22.7 Å². The van der Waals surface area contributed by atoms with Crippen molar-refractivity contribution >= 4 is 15.9 Å². The van der Waals surface area contributed by atoms with Gasteiger partial charge in [0.1, 0.15) is 5.82 Å². The molecule has 0 spiro atoms. The minimum absolute atomic E-state index is 0.255. The molecule has 1 nitrogen and oxygen atoms in total. The highest BCUT2D eigenvalue weighted by atomic mass is 79.9. The van der Waals surface area contributed by atoms with Crippen LogP contribution < -0.4 is 0 Å². The second kappa shape index (κ2) is 5.14. The van der Waals surface area contributed by atoms with Gasteiger partial charge in [0.25, 0.3) is 0 Å². The van der Waals surface area contributed by atoms with E-state index in [1.165, 1.54) is 6.07 Å². The minimum atomic E-state index is -4.30. The number of aliphatic hydroxyl groups is 1. The van der Waals surface area contributed by atoms with Crippen LogP contribution in [0.5, 0.6) is 0 Å². The summed E-state index contributed by atoms with van der Waals surface area (Å²) in [7, 11) is 0. The summed E-state index contributed by atoms with van der Waals surface area (Å²) in [4.78, 5) is 0. The van der Waals surface area contributed by atoms with Crippen LogP contribution in [0, 0.1) is 5.82 Å². The van der Waals surface area contributed by atoms with Gasteiger partial charge >= 0.3 is 6.18 Å². The van der Waals surface area contributed by atoms with Gasteiger partial charge in [-0.2, -0.15) is 13.2 Å². The first-order valence-corrected chi connectivity index (χ1v) is 5.28. The maximum absolute atomic E-state index is 12.7. The monoisotopic (exact) mass is 300 g/mol. The first kappa shape index (κ1) is 13.4. The highest BCUT2D eigenvalue weighted by Gasteiger charge is 2.28. The largest absolute Gasteiger partial charge is 0.389 e. The fourth-order valence-corrected chi connectivity index (χ4v) is 1.84. The molecule has 0 saturated carbocycles. The lowest BCUT2D eigenvalue weighted by Gasteiger charge is -2.14. The third-order valence-electron chi connectivity index (χ3n) is 2.02. The van der Waals surface area contributed by atoms with Crippen molar-refractivity contribution in [2.75, 3.05) is 0 Å². The van der Waals surface area contributed by atoms with E-state index in [0.717, 1.165) is 12.1 Å². The smallest absolute Gasteiger partial charge is 0.388 e. The summed E-state index contributed by atoms with van der Waals surface area (Å²) in [5.41, 5.74) is 0.255. The number of halogens is 5. The Bertz CT molecular complexity index is 364. The topological polar surface area (TPSA) is 20.2 Å². The van der Waals surface area contributed by atoms with E-state index in [0.29, 0.717) is 0 Å². The van der Waals surface area contributed by atoms with Crippen LogP contribution in [0.4, 0.5) is 17.6 Å². The third-order valence-corrected chi connectivity index (χ3v) is 2.71. The molecule has 1 aromatic rings. The number of rotatable bonds is 3. The van der Waals surface area contributed by atoms with Gasteiger partial charge < -0.3 is 5.11 Å². The molecule has 0 saturated heterocycles. The summed E-state index contributed by atoms with van der Waals surface area (Å²) in [6.07, 6.45) is -7.06. The van der Waals surface area contributed by atoms with Crippen molar-refractivity contribution in [3.05, 3.63) is 34.1 Å². The Kier molecular flexibility index (Phi) is 4.32. The lowest BCUT2D eigenvalue weighted by atomic mass is 10.0. The van der Waals surface area contributed by atoms with E-state index in [4.69, 9.17) is 0 Å². The van der Waals surface area contributed by atoms with Crippen molar-refractivity contribution in [3.8, 4) is 0 Å². The molecule has 0 heterocycles. The Hall–Kier alpha value is -0.620. The van der Waals surface area contributed by atoms with Crippen molar-refractivity contribution in [2.24, 2.45) is 0 Å². The molecule has 16 heavy (non-hydrogen) atoms. The van der Waals surface area contributed by atoms with Gasteiger partial charge in [-0.05, 0) is 24.1 Å². The fourth-order valence-electron chi connectivity index (χ4n) is 1.23. The molecule has 0 aliphatic rings. The molecule has 6 heteroatoms. The quantitative estimate of drug-likeness (QED) is 0.838. The van der Waals surface area contributed by atoms with Crippen LogP contribution in [0.2, 0.25) is 0 Å². The molecule has 0 aromatic heterocycles. The number of aliphatic hydroxyl groups excluding tert-OH is 1. The van der Waals surface area contributed by atoms with Crippen molar-refractivity contribution < 1.29 is 22.7 Å². The molecule has 1 aromatic carbocycles. The molecule has 1 unspecified atom stereocenters. The van der Waals surface area contributed by atoms with Crippen molar-refractivity contribution in [1.29, 1.82) is 0 Å². The molecule has 1 rings (SSSR count). The Morgan fingerprint density at radius 1 is 1.31 bits per heavy atom. The van der Waals surface area contributed by atoms with Gasteiger partial charge in [-0.15, -0.1) is 0 Å². The van der Waals surface area contributed by atoms with E-state index >= 15 is 0 Å². The highest BCUT2D eigenvalue weighted by molar-refractivity contribution is 9.10. The van der Waals surface area contributed by atoms with E-state index in [2.05, 4.69) is 15.9 Å². The second-order valence-corrected chi connectivity index (χ2v) is 4.19. The molecule has 90 valence electrons. The molecule has 0 amide bonds. The number of hydrogen-bond acceptors (Lipinski definition) is 1. The zero-order chi connectivity index (χ0) is 12.3. The van der Waals surface area contributed by atoms with Crippen LogP contribution in [0.1, 0.15) is 24.5 Å². The van der Waals surface area contributed by atoms with E-state index in [9.17, 15) is 22.7 Å². The highest BCUT2D eigenvalue weighted by Crippen LogP contribution is 2.31. The zero-order valence-corrected chi connectivity index (χ0v) is 9.65. The summed E-state index contributed by atoms with van der Waals surface area (Å²) in [6, 6.07) is 3.46. The predicted molar refractivity (Wildman–Crippen MR) is 54.3 cm³/mol. The van der Waals surface area contributed by atoms with Gasteiger partial charge in [0.05, 0.1) is 6.10 Å². The lowest BCUT2D eigenvalue weighted by Crippen LogP contribution is -2.10. The Morgan fingerprint density at radius 2 is 1.94 bits per heavy atom. The minimum Gasteiger partial charge on any atom is -0.388 e. The van der Waals surface area contributed by atoms with Crippen molar-refractivity contribution in [1.82, 2.24) is 0 Å². The van der Waals surface area contributed by atoms with Gasteiger partial charge in [-0.1, -0.05) is 22.0 Å². The Balaban J connectivity index is 2.70. The summed E-state index contributed by atoms with van der Waals surface area (Å²) in [6.45, 7) is 0. The van der Waals surface area contributed by atoms with Crippen molar-refractivity contribution in [3.63, 3.8) is 0 Å². The molecule has 0 aliphatic carbocycles. The van der Waals surface area contributed by atoms with Gasteiger partial charge in [-0.25, -0.2) is 4.39 Å². The molecular weight excluding hydrogens is 292 g/mol. The average molecular weight is 301 g/mol. The summed E-state index contributed by atoms with van der Waals surface area (Å²) >= 11 is 2.99. The second-order valence-electron chi connectivity index (χ2n) is 3.34. The van der Waals surface area contributed by atoms with E-state index in [-0.39, 0.29) is 10.0 Å². The number of benzene rings is 1. The molecule has 0 fully saturated rings. The standard InChI is InChI=1S/C10H9BrF4O/c11-8-5-6(12)1-2-7(8)9(16)3-4-10(13,14)15/h1-2,5,9,16H,3-4H2. The molecule has 1 N–H and O–H groups in total. The first-order chi connectivity index (χ1) is 7.29. The van der Waals surface area contributed by atoms with Gasteiger partial charge in [-0.3, -0.25) is 0 Å². The van der Waals surface area contributed by atoms with Crippen LogP contribution in [0.25, 0.3) is 0 Å². The van der Waals surface area contributed by atoms with E-state index in [1.54, 1.807) is 0 Å². The Morgan fingerprint density at radius 3 is 2.44 bits per heavy atom. The third kappa shape index (κ3) is 4.09. The maximum atomic E-state index is 12.7. The molecule has 0 aliphatic heterocycles. The summed E-state index contributed by atoms with van der Waals surface area (Å²) < 4.78 is 48.7. The normalized spacial score (nSPS) is 13.9. The van der Waals surface area contributed by atoms with Crippen LogP contribution in [0.3, 0.4) is 0 Å². The van der Waals surface area contributed by atoms with Gasteiger partial charge in [0.15, 0.2) is 0 Å². The summed E-state index contributed by atoms with van der Waals surface area (Å²) in [5, 5.41) is 9.50. The predicted octanol–water partition coefficient (Wildman–Crippen LogP) is 3.96. The average Bonchev–Trinajstić information content (AvgIpc) is 2.13. The first-order valence-electron chi connectivity index (χ1n) is 4.49. The van der Waals surface area contributed by atoms with E-state index in [1.807, 2.05) is 0 Å². The molecule has 1 atom stereocenters. The Labute approximate surface area is 98.2 Å².